The van der Waals surface area contributed by atoms with Gasteiger partial charge in [-0.2, -0.15) is 0 Å². The molecule has 0 aromatic heterocycles. The van der Waals surface area contributed by atoms with Crippen LogP contribution in [0.15, 0.2) is 71.6 Å². The Kier molecular flexibility index (Phi) is 6.45. The van der Waals surface area contributed by atoms with Gasteiger partial charge in [0.05, 0.1) is 16.6 Å². The minimum atomic E-state index is -3.92. The molecule has 0 heterocycles. The molecule has 0 aliphatic rings. The fourth-order valence-electron chi connectivity index (χ4n) is 3.33. The highest BCUT2D eigenvalue weighted by Crippen LogP contribution is 2.24. The molecule has 5 nitrogen and oxygen atoms in total. The Morgan fingerprint density at radius 3 is 2.35 bits per heavy atom. The predicted octanol–water partition coefficient (Wildman–Crippen LogP) is 4.76. The zero-order chi connectivity index (χ0) is 22.8. The number of nitrogens with one attached hydrogen (secondary N) is 1. The molecular weight excluding hydrogens is 415 g/mol. The molecule has 0 radical (unpaired) electrons. The van der Waals surface area contributed by atoms with Crippen LogP contribution in [-0.4, -0.2) is 21.4 Å². The fraction of sp³-hybridized carbons (Fsp3) is 0.208. The van der Waals surface area contributed by atoms with Crippen molar-refractivity contribution in [2.24, 2.45) is 0 Å². The summed E-state index contributed by atoms with van der Waals surface area (Å²) >= 11 is 0. The standard InChI is InChI=1S/C24H25FN2O3S/c1-16-8-9-17(2)23(14-16)18(3)26-24(28)19-6-5-7-22(15-19)31(29,30)27(4)21-12-10-20(25)11-13-21/h5-15,18H,1-4H3,(H,26,28)/t18-/m1/s1. The molecule has 3 aromatic rings. The van der Waals surface area contributed by atoms with Gasteiger partial charge in [0.15, 0.2) is 0 Å². The minimum absolute atomic E-state index is 0.0219. The van der Waals surface area contributed by atoms with Crippen LogP contribution in [0.4, 0.5) is 10.1 Å². The van der Waals surface area contributed by atoms with Crippen molar-refractivity contribution in [3.8, 4) is 0 Å². The molecule has 162 valence electrons. The van der Waals surface area contributed by atoms with Crippen LogP contribution in [0.3, 0.4) is 0 Å². The van der Waals surface area contributed by atoms with E-state index in [2.05, 4.69) is 5.32 Å². The first-order valence-corrected chi connectivity index (χ1v) is 11.3. The van der Waals surface area contributed by atoms with Crippen molar-refractivity contribution >= 4 is 21.6 Å². The quantitative estimate of drug-likeness (QED) is 0.601. The van der Waals surface area contributed by atoms with Crippen molar-refractivity contribution in [2.45, 2.75) is 31.7 Å². The average Bonchev–Trinajstić information content (AvgIpc) is 2.75. The maximum absolute atomic E-state index is 13.2. The molecule has 0 aliphatic carbocycles. The Morgan fingerprint density at radius 2 is 1.68 bits per heavy atom. The largest absolute Gasteiger partial charge is 0.346 e. The zero-order valence-electron chi connectivity index (χ0n) is 17.9. The van der Waals surface area contributed by atoms with E-state index in [0.717, 1.165) is 21.0 Å². The van der Waals surface area contributed by atoms with E-state index < -0.39 is 15.8 Å². The van der Waals surface area contributed by atoms with Crippen molar-refractivity contribution in [2.75, 3.05) is 11.4 Å². The van der Waals surface area contributed by atoms with E-state index in [0.29, 0.717) is 5.69 Å². The van der Waals surface area contributed by atoms with Crippen molar-refractivity contribution in [1.29, 1.82) is 0 Å². The Hall–Kier alpha value is -3.19. The first-order chi connectivity index (χ1) is 14.6. The van der Waals surface area contributed by atoms with Gasteiger partial charge in [0.1, 0.15) is 5.82 Å². The fourth-order valence-corrected chi connectivity index (χ4v) is 4.57. The first kappa shape index (κ1) is 22.5. The summed E-state index contributed by atoms with van der Waals surface area (Å²) in [6, 6.07) is 16.8. The highest BCUT2D eigenvalue weighted by Gasteiger charge is 2.23. The van der Waals surface area contributed by atoms with E-state index in [1.54, 1.807) is 6.07 Å². The lowest BCUT2D eigenvalue weighted by Crippen LogP contribution is -2.29. The molecule has 1 amide bonds. The summed E-state index contributed by atoms with van der Waals surface area (Å²) in [4.78, 5) is 12.8. The maximum atomic E-state index is 13.2. The number of hydrogen-bond donors (Lipinski definition) is 1. The number of halogens is 1. The van der Waals surface area contributed by atoms with Crippen LogP contribution in [0, 0.1) is 19.7 Å². The highest BCUT2D eigenvalue weighted by atomic mass is 32.2. The summed E-state index contributed by atoms with van der Waals surface area (Å²) in [5.74, 6) is -0.818. The second kappa shape index (κ2) is 8.89. The van der Waals surface area contributed by atoms with Gasteiger partial charge in [0.25, 0.3) is 15.9 Å². The monoisotopic (exact) mass is 440 g/mol. The molecule has 0 bridgehead atoms. The number of amides is 1. The molecular formula is C24H25FN2O3S. The lowest BCUT2D eigenvalue weighted by molar-refractivity contribution is 0.0939. The Labute approximate surface area is 182 Å². The predicted molar refractivity (Wildman–Crippen MR) is 120 cm³/mol. The molecule has 3 aromatic carbocycles. The Bertz CT molecular complexity index is 1210. The van der Waals surface area contributed by atoms with Gasteiger partial charge in [-0.1, -0.05) is 29.8 Å². The number of hydrogen-bond acceptors (Lipinski definition) is 3. The summed E-state index contributed by atoms with van der Waals surface area (Å²) < 4.78 is 40.3. The first-order valence-electron chi connectivity index (χ1n) is 9.82. The maximum Gasteiger partial charge on any atom is 0.264 e. The number of anilines is 1. The van der Waals surface area contributed by atoms with Crippen molar-refractivity contribution < 1.29 is 17.6 Å². The molecule has 3 rings (SSSR count). The van der Waals surface area contributed by atoms with Crippen LogP contribution in [0.1, 0.15) is 40.0 Å². The second-order valence-electron chi connectivity index (χ2n) is 7.53. The van der Waals surface area contributed by atoms with Crippen molar-refractivity contribution in [1.82, 2.24) is 5.32 Å². The molecule has 1 atom stereocenters. The van der Waals surface area contributed by atoms with Crippen LogP contribution in [0.25, 0.3) is 0 Å². The highest BCUT2D eigenvalue weighted by molar-refractivity contribution is 7.92. The lowest BCUT2D eigenvalue weighted by atomic mass is 10.00. The number of rotatable bonds is 6. The molecule has 0 spiro atoms. The van der Waals surface area contributed by atoms with Gasteiger partial charge < -0.3 is 5.32 Å². The number of nitrogens with zero attached hydrogens (tertiary/aromatic N) is 1. The Balaban J connectivity index is 1.84. The summed E-state index contributed by atoms with van der Waals surface area (Å²) in [5, 5.41) is 2.94. The van der Waals surface area contributed by atoms with Crippen molar-refractivity contribution in [3.05, 3.63) is 94.8 Å². The number of sulfonamides is 1. The van der Waals surface area contributed by atoms with Gasteiger partial charge in [0.2, 0.25) is 0 Å². The van der Waals surface area contributed by atoms with Crippen molar-refractivity contribution in [3.63, 3.8) is 0 Å². The van der Waals surface area contributed by atoms with Crippen LogP contribution in [0.2, 0.25) is 0 Å². The third-order valence-electron chi connectivity index (χ3n) is 5.19. The van der Waals surface area contributed by atoms with E-state index in [9.17, 15) is 17.6 Å². The molecule has 0 saturated carbocycles. The van der Waals surface area contributed by atoms with E-state index in [1.807, 2.05) is 39.0 Å². The topological polar surface area (TPSA) is 66.5 Å². The number of carbonyl (C=O) groups excluding carboxylic acids is 1. The molecule has 0 unspecified atom stereocenters. The molecule has 0 aliphatic heterocycles. The third-order valence-corrected chi connectivity index (χ3v) is 6.98. The smallest absolute Gasteiger partial charge is 0.264 e. The summed E-state index contributed by atoms with van der Waals surface area (Å²) in [7, 11) is -2.54. The van der Waals surface area contributed by atoms with Crippen LogP contribution in [-0.2, 0) is 10.0 Å². The molecule has 1 N–H and O–H groups in total. The van der Waals surface area contributed by atoms with E-state index in [-0.39, 0.29) is 22.4 Å². The summed E-state index contributed by atoms with van der Waals surface area (Å²) in [6.07, 6.45) is 0. The number of carbonyl (C=O) groups is 1. The molecule has 0 fully saturated rings. The number of aryl methyl sites for hydroxylation is 2. The van der Waals surface area contributed by atoms with Gasteiger partial charge in [-0.05, 0) is 74.4 Å². The van der Waals surface area contributed by atoms with Gasteiger partial charge in [-0.25, -0.2) is 12.8 Å². The SMILES string of the molecule is Cc1ccc(C)c([C@@H](C)NC(=O)c2cccc(S(=O)(=O)N(C)c3ccc(F)cc3)c2)c1. The van der Waals surface area contributed by atoms with Gasteiger partial charge >= 0.3 is 0 Å². The van der Waals surface area contributed by atoms with E-state index >= 15 is 0 Å². The lowest BCUT2D eigenvalue weighted by Gasteiger charge is -2.20. The van der Waals surface area contributed by atoms with Crippen LogP contribution >= 0.6 is 0 Å². The Morgan fingerprint density at radius 1 is 1.00 bits per heavy atom. The summed E-state index contributed by atoms with van der Waals surface area (Å²) in [5.41, 5.74) is 3.73. The molecule has 7 heteroatoms. The number of benzene rings is 3. The normalized spacial score (nSPS) is 12.3. The van der Waals surface area contributed by atoms with E-state index in [1.165, 1.54) is 49.5 Å². The van der Waals surface area contributed by atoms with Gasteiger partial charge in [-0.3, -0.25) is 9.10 Å². The van der Waals surface area contributed by atoms with Gasteiger partial charge in [0, 0.05) is 12.6 Å². The molecule has 0 saturated heterocycles. The minimum Gasteiger partial charge on any atom is -0.346 e. The zero-order valence-corrected chi connectivity index (χ0v) is 18.7. The molecule has 31 heavy (non-hydrogen) atoms. The van der Waals surface area contributed by atoms with E-state index in [4.69, 9.17) is 0 Å². The third kappa shape index (κ3) is 4.94. The summed E-state index contributed by atoms with van der Waals surface area (Å²) in [6.45, 7) is 5.86. The second-order valence-corrected chi connectivity index (χ2v) is 9.50. The van der Waals surface area contributed by atoms with Crippen LogP contribution < -0.4 is 9.62 Å². The van der Waals surface area contributed by atoms with Crippen LogP contribution in [0.5, 0.6) is 0 Å². The van der Waals surface area contributed by atoms with Gasteiger partial charge in [-0.15, -0.1) is 0 Å². The average molecular weight is 441 g/mol.